The average molecular weight is 261 g/mol. The molecule has 1 atom stereocenters. The summed E-state index contributed by atoms with van der Waals surface area (Å²) in [4.78, 5) is 11.5. The van der Waals surface area contributed by atoms with Crippen LogP contribution < -0.4 is 5.32 Å². The number of ether oxygens (including phenoxy) is 2. The van der Waals surface area contributed by atoms with E-state index >= 15 is 0 Å². The van der Waals surface area contributed by atoms with Gasteiger partial charge in [0.1, 0.15) is 6.10 Å². The summed E-state index contributed by atoms with van der Waals surface area (Å²) in [5.74, 6) is -0.283. The number of allylic oxidation sites excluding steroid dienone is 1. The lowest BCUT2D eigenvalue weighted by molar-refractivity contribution is 0.0526. The summed E-state index contributed by atoms with van der Waals surface area (Å²) in [5.41, 5.74) is 1.55. The molecule has 0 amide bonds. The monoisotopic (exact) mass is 261 g/mol. The van der Waals surface area contributed by atoms with Crippen LogP contribution in [-0.2, 0) is 9.47 Å². The van der Waals surface area contributed by atoms with Gasteiger partial charge in [0.15, 0.2) is 0 Å². The lowest BCUT2D eigenvalue weighted by atomic mass is 10.1. The molecule has 0 saturated heterocycles. The highest BCUT2D eigenvalue weighted by atomic mass is 16.5. The first-order chi connectivity index (χ1) is 9.29. The van der Waals surface area contributed by atoms with Crippen LogP contribution in [0.2, 0.25) is 0 Å². The standard InChI is InChI=1S/C15H19NO3/c1-2-18-15(17)12-6-8-13(9-7-12)16-11-14-5-3-4-10-19-14/h4,6-10,14,16H,2-3,5,11H2,1H3. The summed E-state index contributed by atoms with van der Waals surface area (Å²) < 4.78 is 10.4. The van der Waals surface area contributed by atoms with E-state index in [4.69, 9.17) is 9.47 Å². The third-order valence-electron chi connectivity index (χ3n) is 2.95. The fourth-order valence-corrected chi connectivity index (χ4v) is 1.91. The van der Waals surface area contributed by atoms with Crippen molar-refractivity contribution in [2.75, 3.05) is 18.5 Å². The Kier molecular flexibility index (Phi) is 4.84. The van der Waals surface area contributed by atoms with Gasteiger partial charge in [-0.2, -0.15) is 0 Å². The van der Waals surface area contributed by atoms with Gasteiger partial charge in [-0.05, 0) is 50.1 Å². The summed E-state index contributed by atoms with van der Waals surface area (Å²) >= 11 is 0. The maximum absolute atomic E-state index is 11.5. The minimum Gasteiger partial charge on any atom is -0.497 e. The van der Waals surface area contributed by atoms with Crippen molar-refractivity contribution in [1.29, 1.82) is 0 Å². The molecule has 0 bridgehead atoms. The highest BCUT2D eigenvalue weighted by Gasteiger charge is 2.10. The van der Waals surface area contributed by atoms with E-state index in [0.717, 1.165) is 25.1 Å². The van der Waals surface area contributed by atoms with Crippen molar-refractivity contribution in [2.24, 2.45) is 0 Å². The van der Waals surface area contributed by atoms with Crippen LogP contribution in [0.1, 0.15) is 30.1 Å². The summed E-state index contributed by atoms with van der Waals surface area (Å²) in [7, 11) is 0. The Hall–Kier alpha value is -1.97. The minimum atomic E-state index is -0.283. The number of hydrogen-bond acceptors (Lipinski definition) is 4. The quantitative estimate of drug-likeness (QED) is 0.828. The van der Waals surface area contributed by atoms with E-state index in [9.17, 15) is 4.79 Å². The Bertz CT molecular complexity index is 439. The minimum absolute atomic E-state index is 0.217. The van der Waals surface area contributed by atoms with E-state index < -0.39 is 0 Å². The molecule has 1 unspecified atom stereocenters. The fourth-order valence-electron chi connectivity index (χ4n) is 1.91. The van der Waals surface area contributed by atoms with Gasteiger partial charge in [0, 0.05) is 5.69 Å². The van der Waals surface area contributed by atoms with Gasteiger partial charge in [-0.15, -0.1) is 0 Å². The van der Waals surface area contributed by atoms with Gasteiger partial charge in [-0.25, -0.2) is 4.79 Å². The zero-order valence-corrected chi connectivity index (χ0v) is 11.1. The average Bonchev–Trinajstić information content (AvgIpc) is 2.47. The number of anilines is 1. The van der Waals surface area contributed by atoms with Crippen LogP contribution in [0, 0.1) is 0 Å². The van der Waals surface area contributed by atoms with E-state index in [1.165, 1.54) is 0 Å². The largest absolute Gasteiger partial charge is 0.497 e. The van der Waals surface area contributed by atoms with Crippen LogP contribution in [0.15, 0.2) is 36.6 Å². The molecule has 0 saturated carbocycles. The Labute approximate surface area is 113 Å². The summed E-state index contributed by atoms with van der Waals surface area (Å²) in [6, 6.07) is 7.29. The van der Waals surface area contributed by atoms with Crippen LogP contribution in [0.4, 0.5) is 5.69 Å². The number of carbonyl (C=O) groups excluding carboxylic acids is 1. The lowest BCUT2D eigenvalue weighted by Gasteiger charge is -2.20. The third-order valence-corrected chi connectivity index (χ3v) is 2.95. The van der Waals surface area contributed by atoms with E-state index in [1.54, 1.807) is 25.3 Å². The Balaban J connectivity index is 1.84. The predicted molar refractivity (Wildman–Crippen MR) is 74.1 cm³/mol. The second kappa shape index (κ2) is 6.83. The van der Waals surface area contributed by atoms with Gasteiger partial charge in [-0.1, -0.05) is 0 Å². The first-order valence-corrected chi connectivity index (χ1v) is 6.61. The molecule has 0 aromatic heterocycles. The third kappa shape index (κ3) is 4.02. The van der Waals surface area contributed by atoms with E-state index in [2.05, 4.69) is 5.32 Å². The van der Waals surface area contributed by atoms with Crippen molar-refractivity contribution in [3.05, 3.63) is 42.2 Å². The highest BCUT2D eigenvalue weighted by Crippen LogP contribution is 2.14. The molecule has 1 aliphatic rings. The Morgan fingerprint density at radius 2 is 2.21 bits per heavy atom. The van der Waals surface area contributed by atoms with Gasteiger partial charge in [0.25, 0.3) is 0 Å². The van der Waals surface area contributed by atoms with Crippen molar-refractivity contribution < 1.29 is 14.3 Å². The smallest absolute Gasteiger partial charge is 0.338 e. The molecule has 4 heteroatoms. The zero-order chi connectivity index (χ0) is 13.5. The highest BCUT2D eigenvalue weighted by molar-refractivity contribution is 5.89. The summed E-state index contributed by atoms with van der Waals surface area (Å²) in [6.45, 7) is 2.96. The maximum atomic E-state index is 11.5. The predicted octanol–water partition coefficient (Wildman–Crippen LogP) is 2.97. The molecule has 0 radical (unpaired) electrons. The number of carbonyl (C=O) groups is 1. The van der Waals surface area contributed by atoms with Gasteiger partial charge in [-0.3, -0.25) is 0 Å². The molecule has 1 aromatic rings. The first-order valence-electron chi connectivity index (χ1n) is 6.61. The van der Waals surface area contributed by atoms with Crippen LogP contribution in [0.25, 0.3) is 0 Å². The number of rotatable bonds is 5. The molecule has 1 aromatic carbocycles. The molecule has 0 aliphatic carbocycles. The number of esters is 1. The molecule has 1 N–H and O–H groups in total. The molecule has 19 heavy (non-hydrogen) atoms. The molecule has 2 rings (SSSR count). The summed E-state index contributed by atoms with van der Waals surface area (Å²) in [5, 5.41) is 3.30. The molecular weight excluding hydrogens is 242 g/mol. The van der Waals surface area contributed by atoms with E-state index in [0.29, 0.717) is 12.2 Å². The number of hydrogen-bond donors (Lipinski definition) is 1. The lowest BCUT2D eigenvalue weighted by Crippen LogP contribution is -2.22. The summed E-state index contributed by atoms with van der Waals surface area (Å²) in [6.07, 6.45) is 6.11. The fraction of sp³-hybridized carbons (Fsp3) is 0.400. The van der Waals surface area contributed by atoms with Crippen LogP contribution >= 0.6 is 0 Å². The second-order valence-electron chi connectivity index (χ2n) is 4.39. The molecule has 0 fully saturated rings. The molecule has 4 nitrogen and oxygen atoms in total. The second-order valence-corrected chi connectivity index (χ2v) is 4.39. The maximum Gasteiger partial charge on any atom is 0.338 e. The number of nitrogens with one attached hydrogen (secondary N) is 1. The number of benzene rings is 1. The Morgan fingerprint density at radius 1 is 1.42 bits per heavy atom. The van der Waals surface area contributed by atoms with Crippen molar-refractivity contribution in [1.82, 2.24) is 0 Å². The van der Waals surface area contributed by atoms with E-state index in [-0.39, 0.29) is 12.1 Å². The molecular formula is C15H19NO3. The first kappa shape index (κ1) is 13.5. The zero-order valence-electron chi connectivity index (χ0n) is 11.1. The van der Waals surface area contributed by atoms with Gasteiger partial charge in [0.05, 0.1) is 25.0 Å². The molecule has 1 heterocycles. The normalized spacial score (nSPS) is 17.6. The topological polar surface area (TPSA) is 47.6 Å². The van der Waals surface area contributed by atoms with Gasteiger partial charge >= 0.3 is 5.97 Å². The van der Waals surface area contributed by atoms with Gasteiger partial charge in [0.2, 0.25) is 0 Å². The SMILES string of the molecule is CCOC(=O)c1ccc(NCC2CCC=CO2)cc1. The molecule has 102 valence electrons. The van der Waals surface area contributed by atoms with Crippen LogP contribution in [0.5, 0.6) is 0 Å². The van der Waals surface area contributed by atoms with Crippen molar-refractivity contribution in [3.8, 4) is 0 Å². The molecule has 1 aliphatic heterocycles. The van der Waals surface area contributed by atoms with Gasteiger partial charge < -0.3 is 14.8 Å². The van der Waals surface area contributed by atoms with Crippen LogP contribution in [0.3, 0.4) is 0 Å². The van der Waals surface area contributed by atoms with E-state index in [1.807, 2.05) is 18.2 Å². The van der Waals surface area contributed by atoms with Crippen molar-refractivity contribution >= 4 is 11.7 Å². The van der Waals surface area contributed by atoms with Crippen LogP contribution in [-0.4, -0.2) is 25.2 Å². The van der Waals surface area contributed by atoms with Crippen molar-refractivity contribution in [3.63, 3.8) is 0 Å². The van der Waals surface area contributed by atoms with Crippen molar-refractivity contribution in [2.45, 2.75) is 25.9 Å². The Morgan fingerprint density at radius 3 is 2.84 bits per heavy atom. The molecule has 0 spiro atoms.